The van der Waals surface area contributed by atoms with Crippen LogP contribution in [0.3, 0.4) is 0 Å². The van der Waals surface area contributed by atoms with Gasteiger partial charge in [0.1, 0.15) is 0 Å². The van der Waals surface area contributed by atoms with Gasteiger partial charge in [0, 0.05) is 0 Å². The Morgan fingerprint density at radius 2 is 1.36 bits per heavy atom. The van der Waals surface area contributed by atoms with Gasteiger partial charge >= 0.3 is 0 Å². The third-order valence-electron chi connectivity index (χ3n) is 4.24. The smallest absolute Gasteiger partial charge is 0.00325 e. The average Bonchev–Trinajstić information content (AvgIpc) is 3.13. The van der Waals surface area contributed by atoms with Crippen LogP contribution in [0.4, 0.5) is 0 Å². The van der Waals surface area contributed by atoms with Gasteiger partial charge in [0.2, 0.25) is 0 Å². The Hall–Kier alpha value is -1.39. The van der Waals surface area contributed by atoms with Crippen molar-refractivity contribution in [3.8, 4) is 0 Å². The van der Waals surface area contributed by atoms with Gasteiger partial charge in [-0.15, -0.1) is 0 Å². The first kappa shape index (κ1) is 15.5. The molecule has 22 heavy (non-hydrogen) atoms. The molecule has 0 saturated carbocycles. The lowest BCUT2D eigenvalue weighted by atomic mass is 9.95. The van der Waals surface area contributed by atoms with E-state index in [4.69, 9.17) is 0 Å². The standard InChI is InChI=1S/C21H25P/c1-14-12-15(2)18(16(3)13-14)22-19(20(22)21(4,5)6)17-10-8-7-9-11-17/h7-13H,1-6H3/t22-/m0/s1. The van der Waals surface area contributed by atoms with Crippen LogP contribution >= 0.6 is 7.92 Å². The van der Waals surface area contributed by atoms with Gasteiger partial charge in [0.05, 0.1) is 0 Å². The van der Waals surface area contributed by atoms with E-state index in [1.165, 1.54) is 22.3 Å². The second-order valence-corrected chi connectivity index (χ2v) is 9.41. The van der Waals surface area contributed by atoms with Gasteiger partial charge in [-0.3, -0.25) is 0 Å². The van der Waals surface area contributed by atoms with Crippen molar-refractivity contribution in [1.82, 2.24) is 0 Å². The van der Waals surface area contributed by atoms with E-state index in [0.717, 1.165) is 0 Å². The van der Waals surface area contributed by atoms with E-state index in [9.17, 15) is 0 Å². The van der Waals surface area contributed by atoms with E-state index in [-0.39, 0.29) is 13.3 Å². The number of aryl methyl sites for hydroxylation is 3. The molecule has 0 nitrogen and oxygen atoms in total. The Morgan fingerprint density at radius 3 is 1.86 bits per heavy atom. The Kier molecular flexibility index (Phi) is 3.77. The lowest BCUT2D eigenvalue weighted by Gasteiger charge is -2.18. The summed E-state index contributed by atoms with van der Waals surface area (Å²) in [4.78, 5) is 0. The quantitative estimate of drug-likeness (QED) is 0.584. The van der Waals surface area contributed by atoms with Crippen LogP contribution in [0.1, 0.15) is 43.0 Å². The maximum atomic E-state index is 2.35. The minimum atomic E-state index is -0.257. The molecule has 1 aliphatic rings. The van der Waals surface area contributed by atoms with Crippen LogP contribution in [-0.4, -0.2) is 0 Å². The van der Waals surface area contributed by atoms with Gasteiger partial charge in [0.15, 0.2) is 0 Å². The van der Waals surface area contributed by atoms with E-state index in [2.05, 4.69) is 84.0 Å². The minimum absolute atomic E-state index is 0.251. The highest BCUT2D eigenvalue weighted by molar-refractivity contribution is 7.88. The molecule has 114 valence electrons. The highest BCUT2D eigenvalue weighted by Crippen LogP contribution is 2.78. The van der Waals surface area contributed by atoms with Crippen molar-refractivity contribution in [2.75, 3.05) is 0 Å². The van der Waals surface area contributed by atoms with Gasteiger partial charge in [0.25, 0.3) is 0 Å². The Morgan fingerprint density at radius 1 is 0.818 bits per heavy atom. The lowest BCUT2D eigenvalue weighted by Crippen LogP contribution is -2.09. The zero-order chi connectivity index (χ0) is 16.1. The summed E-state index contributed by atoms with van der Waals surface area (Å²) in [5.74, 6) is 0. The average molecular weight is 308 g/mol. The molecule has 2 aromatic rings. The van der Waals surface area contributed by atoms with Crippen molar-refractivity contribution in [2.24, 2.45) is 5.41 Å². The molecule has 0 N–H and O–H groups in total. The van der Waals surface area contributed by atoms with E-state index in [1.54, 1.807) is 15.9 Å². The molecular weight excluding hydrogens is 283 g/mol. The number of benzene rings is 2. The summed E-state index contributed by atoms with van der Waals surface area (Å²) in [6.45, 7) is 13.8. The summed E-state index contributed by atoms with van der Waals surface area (Å²) in [6.07, 6.45) is 0. The van der Waals surface area contributed by atoms with Gasteiger partial charge < -0.3 is 0 Å². The minimum Gasteiger partial charge on any atom is -0.0622 e. The molecule has 0 aliphatic carbocycles. The monoisotopic (exact) mass is 308 g/mol. The second kappa shape index (κ2) is 5.36. The normalized spacial score (nSPS) is 17.8. The van der Waals surface area contributed by atoms with Gasteiger partial charge in [-0.05, 0) is 66.7 Å². The Bertz CT molecular complexity index is 722. The maximum absolute atomic E-state index is 2.35. The molecule has 1 heterocycles. The summed E-state index contributed by atoms with van der Waals surface area (Å²) < 4.78 is 0. The highest BCUT2D eigenvalue weighted by Gasteiger charge is 2.45. The molecule has 0 radical (unpaired) electrons. The van der Waals surface area contributed by atoms with E-state index < -0.39 is 0 Å². The lowest BCUT2D eigenvalue weighted by molar-refractivity contribution is 0.540. The summed E-state index contributed by atoms with van der Waals surface area (Å²) >= 11 is 0. The Balaban J connectivity index is 2.11. The molecule has 1 atom stereocenters. The molecule has 0 amide bonds. The number of allylic oxidation sites excluding steroid dienone is 1. The molecule has 0 bridgehead atoms. The predicted octanol–water partition coefficient (Wildman–Crippen LogP) is 6.15. The van der Waals surface area contributed by atoms with Crippen molar-refractivity contribution in [3.05, 3.63) is 70.0 Å². The largest absolute Gasteiger partial charge is 0.0622 e. The summed E-state index contributed by atoms with van der Waals surface area (Å²) in [5.41, 5.74) is 5.94. The van der Waals surface area contributed by atoms with E-state index in [0.29, 0.717) is 0 Å². The van der Waals surface area contributed by atoms with Crippen LogP contribution in [0.25, 0.3) is 5.31 Å². The maximum Gasteiger partial charge on any atom is -0.00325 e. The van der Waals surface area contributed by atoms with Crippen molar-refractivity contribution < 1.29 is 0 Å². The van der Waals surface area contributed by atoms with Crippen LogP contribution in [0.2, 0.25) is 0 Å². The van der Waals surface area contributed by atoms with E-state index in [1.807, 2.05) is 0 Å². The molecule has 1 heteroatoms. The van der Waals surface area contributed by atoms with Crippen molar-refractivity contribution in [1.29, 1.82) is 0 Å². The fraction of sp³-hybridized carbons (Fsp3) is 0.333. The molecule has 0 spiro atoms. The highest BCUT2D eigenvalue weighted by atomic mass is 31.1. The van der Waals surface area contributed by atoms with Crippen LogP contribution < -0.4 is 5.30 Å². The van der Waals surface area contributed by atoms with Crippen LogP contribution in [0.15, 0.2) is 47.8 Å². The van der Waals surface area contributed by atoms with Gasteiger partial charge in [-0.25, -0.2) is 0 Å². The molecule has 0 unspecified atom stereocenters. The third kappa shape index (κ3) is 2.66. The summed E-state index contributed by atoms with van der Waals surface area (Å²) in [7, 11) is -0.257. The molecule has 0 aromatic heterocycles. The second-order valence-electron chi connectivity index (χ2n) is 7.40. The number of hydrogen-bond acceptors (Lipinski definition) is 0. The molecule has 3 rings (SSSR count). The first-order chi connectivity index (χ1) is 10.3. The number of rotatable bonds is 2. The summed E-state index contributed by atoms with van der Waals surface area (Å²) in [5, 5.41) is 4.87. The van der Waals surface area contributed by atoms with Crippen molar-refractivity contribution in [2.45, 2.75) is 41.5 Å². The fourth-order valence-electron chi connectivity index (χ4n) is 3.47. The third-order valence-corrected chi connectivity index (χ3v) is 7.44. The number of hydrogen-bond donors (Lipinski definition) is 0. The molecule has 0 saturated heterocycles. The SMILES string of the molecule is Cc1cc(C)c([P@@]2C(c3ccccc3)=C2C(C)(C)C)c(C)c1. The zero-order valence-electron chi connectivity index (χ0n) is 14.5. The van der Waals surface area contributed by atoms with Gasteiger partial charge in [-0.1, -0.05) is 68.8 Å². The van der Waals surface area contributed by atoms with Crippen LogP contribution in [0, 0.1) is 26.2 Å². The predicted molar refractivity (Wildman–Crippen MR) is 100 cm³/mol. The van der Waals surface area contributed by atoms with Crippen LogP contribution in [0.5, 0.6) is 0 Å². The first-order valence-electron chi connectivity index (χ1n) is 7.99. The first-order valence-corrected chi connectivity index (χ1v) is 9.33. The van der Waals surface area contributed by atoms with E-state index >= 15 is 0 Å². The zero-order valence-corrected chi connectivity index (χ0v) is 15.4. The molecular formula is C21H25P. The van der Waals surface area contributed by atoms with Crippen molar-refractivity contribution in [3.63, 3.8) is 0 Å². The topological polar surface area (TPSA) is 0 Å². The fourth-order valence-corrected chi connectivity index (χ4v) is 6.77. The summed E-state index contributed by atoms with van der Waals surface area (Å²) in [6, 6.07) is 15.6. The van der Waals surface area contributed by atoms with Crippen molar-refractivity contribution >= 4 is 18.5 Å². The molecule has 2 aromatic carbocycles. The molecule has 0 fully saturated rings. The van der Waals surface area contributed by atoms with Crippen LogP contribution in [-0.2, 0) is 0 Å². The Labute approximate surface area is 136 Å². The van der Waals surface area contributed by atoms with Gasteiger partial charge in [-0.2, -0.15) is 0 Å². The molecule has 1 aliphatic heterocycles.